The van der Waals surface area contributed by atoms with Crippen molar-refractivity contribution in [3.63, 3.8) is 0 Å². The normalized spacial score (nSPS) is 10.9. The first kappa shape index (κ1) is 17.1. The molecule has 7 heteroatoms. The number of aryl methyl sites for hydroxylation is 3. The summed E-state index contributed by atoms with van der Waals surface area (Å²) in [5, 5.41) is 0.593. The van der Waals surface area contributed by atoms with Crippen molar-refractivity contribution in [3.05, 3.63) is 68.0 Å². The van der Waals surface area contributed by atoms with Crippen LogP contribution in [0.2, 0.25) is 5.15 Å². The molecule has 1 N–H and O–H groups in total. The van der Waals surface area contributed by atoms with Crippen molar-refractivity contribution in [3.8, 4) is 0 Å². The number of carbonyl (C=O) groups excluding carboxylic acids is 1. The number of aromatic nitrogens is 3. The van der Waals surface area contributed by atoms with Gasteiger partial charge in [0.1, 0.15) is 17.6 Å². The fourth-order valence-corrected chi connectivity index (χ4v) is 3.02. The monoisotopic (exact) mass is 357 g/mol. The third-order valence-corrected chi connectivity index (χ3v) is 4.11. The number of nitrogens with zero attached hydrogens (tertiary/aromatic N) is 2. The quantitative estimate of drug-likeness (QED) is 0.574. The van der Waals surface area contributed by atoms with E-state index in [9.17, 15) is 9.59 Å². The van der Waals surface area contributed by atoms with Crippen molar-refractivity contribution in [1.29, 1.82) is 0 Å². The van der Waals surface area contributed by atoms with Crippen LogP contribution in [0.15, 0.2) is 29.1 Å². The van der Waals surface area contributed by atoms with Crippen LogP contribution in [0.1, 0.15) is 33.0 Å². The number of rotatable bonds is 3. The van der Waals surface area contributed by atoms with Gasteiger partial charge in [-0.15, -0.1) is 0 Å². The Hall–Kier alpha value is -2.73. The standard InChI is InChI=1S/C18H16ClN3O3/c1-9-5-4-6-12-15(9)21-13(22-17(12)23)8-25-18(24)14-10(2)7-11(3)20-16(14)19/h4-7H,8H2,1-3H3,(H,21,22,23). The molecule has 0 amide bonds. The molecule has 6 nitrogen and oxygen atoms in total. The summed E-state index contributed by atoms with van der Waals surface area (Å²) >= 11 is 6.05. The largest absolute Gasteiger partial charge is 0.454 e. The van der Waals surface area contributed by atoms with E-state index < -0.39 is 5.97 Å². The molecular formula is C18H16ClN3O3. The topological polar surface area (TPSA) is 84.9 Å². The van der Waals surface area contributed by atoms with Crippen LogP contribution >= 0.6 is 11.6 Å². The number of aromatic amines is 1. The van der Waals surface area contributed by atoms with Gasteiger partial charge in [0.25, 0.3) is 5.56 Å². The number of para-hydroxylation sites is 1. The van der Waals surface area contributed by atoms with Gasteiger partial charge in [-0.3, -0.25) is 4.79 Å². The zero-order valence-corrected chi connectivity index (χ0v) is 14.8. The van der Waals surface area contributed by atoms with E-state index in [1.165, 1.54) is 0 Å². The van der Waals surface area contributed by atoms with E-state index in [0.717, 1.165) is 11.3 Å². The highest BCUT2D eigenvalue weighted by Gasteiger charge is 2.17. The van der Waals surface area contributed by atoms with E-state index in [1.54, 1.807) is 32.0 Å². The molecule has 1 aromatic carbocycles. The average Bonchev–Trinajstić information content (AvgIpc) is 2.53. The van der Waals surface area contributed by atoms with E-state index in [0.29, 0.717) is 16.5 Å². The van der Waals surface area contributed by atoms with Crippen LogP contribution in [-0.2, 0) is 11.3 Å². The number of hydrogen-bond donors (Lipinski definition) is 1. The molecule has 0 radical (unpaired) electrons. The Bertz CT molecular complexity index is 1020. The maximum absolute atomic E-state index is 12.3. The lowest BCUT2D eigenvalue weighted by Gasteiger charge is -2.09. The second-order valence-corrected chi connectivity index (χ2v) is 6.16. The maximum Gasteiger partial charge on any atom is 0.342 e. The number of pyridine rings is 1. The van der Waals surface area contributed by atoms with Gasteiger partial charge in [-0.05, 0) is 44.0 Å². The molecule has 0 unspecified atom stereocenters. The first-order valence-electron chi connectivity index (χ1n) is 7.66. The highest BCUT2D eigenvalue weighted by molar-refractivity contribution is 6.32. The van der Waals surface area contributed by atoms with Gasteiger partial charge in [-0.1, -0.05) is 23.7 Å². The van der Waals surface area contributed by atoms with Crippen LogP contribution in [0.3, 0.4) is 0 Å². The second-order valence-electron chi connectivity index (χ2n) is 5.81. The van der Waals surface area contributed by atoms with Gasteiger partial charge in [0, 0.05) is 5.69 Å². The van der Waals surface area contributed by atoms with Gasteiger partial charge in [0.05, 0.1) is 16.5 Å². The molecule has 0 aliphatic rings. The molecule has 3 aromatic rings. The van der Waals surface area contributed by atoms with Crippen molar-refractivity contribution in [2.24, 2.45) is 0 Å². The van der Waals surface area contributed by atoms with E-state index in [1.807, 2.05) is 13.0 Å². The summed E-state index contributed by atoms with van der Waals surface area (Å²) < 4.78 is 5.26. The average molecular weight is 358 g/mol. The predicted octanol–water partition coefficient (Wildman–Crippen LogP) is 3.25. The molecule has 0 saturated carbocycles. The molecular weight excluding hydrogens is 342 g/mol. The van der Waals surface area contributed by atoms with E-state index in [2.05, 4.69) is 15.0 Å². The molecule has 0 aliphatic heterocycles. The Morgan fingerprint density at radius 3 is 2.68 bits per heavy atom. The molecule has 25 heavy (non-hydrogen) atoms. The lowest BCUT2D eigenvalue weighted by Crippen LogP contribution is -2.16. The number of hydrogen-bond acceptors (Lipinski definition) is 5. The number of nitrogens with one attached hydrogen (secondary N) is 1. The van der Waals surface area contributed by atoms with Gasteiger partial charge in [0.2, 0.25) is 0 Å². The van der Waals surface area contributed by atoms with Crippen LogP contribution in [0.25, 0.3) is 10.9 Å². The minimum absolute atomic E-state index is 0.0957. The number of carbonyl (C=O) groups is 1. The fourth-order valence-electron chi connectivity index (χ4n) is 2.66. The first-order valence-corrected chi connectivity index (χ1v) is 8.04. The Morgan fingerprint density at radius 1 is 1.20 bits per heavy atom. The molecule has 128 valence electrons. The Balaban J connectivity index is 1.87. The van der Waals surface area contributed by atoms with E-state index in [-0.39, 0.29) is 28.7 Å². The van der Waals surface area contributed by atoms with Crippen LogP contribution in [-0.4, -0.2) is 20.9 Å². The molecule has 0 fully saturated rings. The number of esters is 1. The predicted molar refractivity (Wildman–Crippen MR) is 94.9 cm³/mol. The second kappa shape index (κ2) is 6.64. The molecule has 2 heterocycles. The van der Waals surface area contributed by atoms with Crippen LogP contribution < -0.4 is 5.56 Å². The molecule has 0 aliphatic carbocycles. The van der Waals surface area contributed by atoms with Gasteiger partial charge < -0.3 is 9.72 Å². The summed E-state index contributed by atoms with van der Waals surface area (Å²) in [6, 6.07) is 7.11. The lowest BCUT2D eigenvalue weighted by atomic mass is 10.1. The summed E-state index contributed by atoms with van der Waals surface area (Å²) in [5.74, 6) is -0.337. The third kappa shape index (κ3) is 3.39. The molecule has 0 spiro atoms. The molecule has 0 bridgehead atoms. The fraction of sp³-hybridized carbons (Fsp3) is 0.222. The van der Waals surface area contributed by atoms with Gasteiger partial charge in [-0.25, -0.2) is 14.8 Å². The number of fused-ring (bicyclic) bond motifs is 1. The lowest BCUT2D eigenvalue weighted by molar-refractivity contribution is 0.0461. The SMILES string of the molecule is Cc1cc(C)c(C(=O)OCc2nc3c(C)cccc3c(=O)[nH]2)c(Cl)n1. The summed E-state index contributed by atoms with van der Waals surface area (Å²) in [6.45, 7) is 5.25. The number of H-pyrrole nitrogens is 1. The Morgan fingerprint density at radius 2 is 1.96 bits per heavy atom. The summed E-state index contributed by atoms with van der Waals surface area (Å²) in [7, 11) is 0. The van der Waals surface area contributed by atoms with Gasteiger partial charge in [-0.2, -0.15) is 0 Å². The number of benzene rings is 1. The van der Waals surface area contributed by atoms with Crippen LogP contribution in [0, 0.1) is 20.8 Å². The van der Waals surface area contributed by atoms with Crippen molar-refractivity contribution in [2.75, 3.05) is 0 Å². The zero-order valence-electron chi connectivity index (χ0n) is 14.0. The summed E-state index contributed by atoms with van der Waals surface area (Å²) in [4.78, 5) is 35.5. The van der Waals surface area contributed by atoms with Crippen LogP contribution in [0.5, 0.6) is 0 Å². The Kier molecular flexibility index (Phi) is 4.55. The smallest absolute Gasteiger partial charge is 0.342 e. The van der Waals surface area contributed by atoms with Gasteiger partial charge in [0.15, 0.2) is 0 Å². The van der Waals surface area contributed by atoms with E-state index in [4.69, 9.17) is 16.3 Å². The first-order chi connectivity index (χ1) is 11.9. The highest BCUT2D eigenvalue weighted by Crippen LogP contribution is 2.20. The minimum Gasteiger partial charge on any atom is -0.454 e. The summed E-state index contributed by atoms with van der Waals surface area (Å²) in [5.41, 5.74) is 2.80. The number of ether oxygens (including phenoxy) is 1. The molecule has 0 atom stereocenters. The molecule has 0 saturated heterocycles. The third-order valence-electron chi connectivity index (χ3n) is 3.83. The van der Waals surface area contributed by atoms with Crippen molar-refractivity contribution < 1.29 is 9.53 Å². The van der Waals surface area contributed by atoms with Crippen LogP contribution in [0.4, 0.5) is 0 Å². The molecule has 3 rings (SSSR count). The van der Waals surface area contributed by atoms with Gasteiger partial charge >= 0.3 is 5.97 Å². The minimum atomic E-state index is -0.609. The zero-order chi connectivity index (χ0) is 18.1. The highest BCUT2D eigenvalue weighted by atomic mass is 35.5. The van der Waals surface area contributed by atoms with Crippen molar-refractivity contribution in [2.45, 2.75) is 27.4 Å². The summed E-state index contributed by atoms with van der Waals surface area (Å²) in [6.07, 6.45) is 0. The van der Waals surface area contributed by atoms with E-state index >= 15 is 0 Å². The van der Waals surface area contributed by atoms with Crippen molar-refractivity contribution in [1.82, 2.24) is 15.0 Å². The maximum atomic E-state index is 12.3. The number of halogens is 1. The Labute approximate surface area is 148 Å². The molecule has 2 aromatic heterocycles. The van der Waals surface area contributed by atoms with Crippen molar-refractivity contribution >= 4 is 28.5 Å².